The van der Waals surface area contributed by atoms with E-state index in [0.717, 1.165) is 47.8 Å². The first-order valence-electron chi connectivity index (χ1n) is 8.92. The van der Waals surface area contributed by atoms with Crippen LogP contribution in [0.2, 0.25) is 5.02 Å². The number of aryl methyl sites for hydroxylation is 1. The number of halogens is 2. The van der Waals surface area contributed by atoms with Crippen molar-refractivity contribution in [1.82, 2.24) is 15.1 Å². The van der Waals surface area contributed by atoms with Crippen LogP contribution in [0, 0.1) is 12.7 Å². The van der Waals surface area contributed by atoms with Crippen LogP contribution in [0.1, 0.15) is 22.4 Å². The quantitative estimate of drug-likeness (QED) is 0.742. The highest BCUT2D eigenvalue weighted by Gasteiger charge is 2.20. The Labute approximate surface area is 157 Å². The van der Waals surface area contributed by atoms with E-state index in [0.29, 0.717) is 12.1 Å². The average molecular weight is 370 g/mol. The van der Waals surface area contributed by atoms with Crippen LogP contribution in [0.5, 0.6) is 0 Å². The molecule has 0 saturated heterocycles. The van der Waals surface area contributed by atoms with Gasteiger partial charge in [-0.15, -0.1) is 0 Å². The number of nitrogens with one attached hydrogen (secondary N) is 1. The van der Waals surface area contributed by atoms with Gasteiger partial charge in [-0.25, -0.2) is 4.39 Å². The minimum Gasteiger partial charge on any atom is -0.316 e. The van der Waals surface area contributed by atoms with Gasteiger partial charge >= 0.3 is 0 Å². The van der Waals surface area contributed by atoms with E-state index in [1.54, 1.807) is 6.92 Å². The number of fused-ring (bicyclic) bond motifs is 1. The Morgan fingerprint density at radius 3 is 2.65 bits per heavy atom. The van der Waals surface area contributed by atoms with Crippen molar-refractivity contribution in [2.45, 2.75) is 26.3 Å². The molecule has 0 fully saturated rings. The van der Waals surface area contributed by atoms with E-state index in [1.807, 2.05) is 36.4 Å². The number of nitrogens with zero attached hydrogens (tertiary/aromatic N) is 2. The Morgan fingerprint density at radius 1 is 1.12 bits per heavy atom. The summed E-state index contributed by atoms with van der Waals surface area (Å²) in [6.45, 7) is 4.35. The molecule has 134 valence electrons. The summed E-state index contributed by atoms with van der Waals surface area (Å²) in [5.41, 5.74) is 6.41. The van der Waals surface area contributed by atoms with E-state index in [-0.39, 0.29) is 5.82 Å². The number of benzene rings is 2. The molecule has 1 aliphatic rings. The van der Waals surface area contributed by atoms with Gasteiger partial charge in [0.05, 0.1) is 12.2 Å². The van der Waals surface area contributed by atoms with Crippen LogP contribution < -0.4 is 5.32 Å². The number of hydrogen-bond acceptors (Lipinski definition) is 2. The first kappa shape index (κ1) is 17.3. The summed E-state index contributed by atoms with van der Waals surface area (Å²) >= 11 is 6.04. The second kappa shape index (κ2) is 7.22. The molecule has 1 aromatic heterocycles. The van der Waals surface area contributed by atoms with Crippen LogP contribution in [0.3, 0.4) is 0 Å². The lowest BCUT2D eigenvalue weighted by atomic mass is 10.0. The third-order valence-electron chi connectivity index (χ3n) is 4.93. The molecule has 0 aliphatic carbocycles. The van der Waals surface area contributed by atoms with Crippen molar-refractivity contribution in [2.75, 3.05) is 13.1 Å². The molecule has 26 heavy (non-hydrogen) atoms. The van der Waals surface area contributed by atoms with Gasteiger partial charge in [0.1, 0.15) is 5.82 Å². The third kappa shape index (κ3) is 3.39. The zero-order valence-corrected chi connectivity index (χ0v) is 15.5. The minimum atomic E-state index is -0.168. The fourth-order valence-electron chi connectivity index (χ4n) is 3.57. The number of rotatable bonds is 3. The van der Waals surface area contributed by atoms with Crippen molar-refractivity contribution < 1.29 is 4.39 Å². The second-order valence-corrected chi connectivity index (χ2v) is 7.21. The molecule has 0 saturated carbocycles. The third-order valence-corrected chi connectivity index (χ3v) is 5.18. The zero-order valence-electron chi connectivity index (χ0n) is 14.7. The maximum atomic E-state index is 13.6. The van der Waals surface area contributed by atoms with Crippen LogP contribution in [0.25, 0.3) is 11.3 Å². The Bertz CT molecular complexity index is 931. The molecule has 1 aliphatic heterocycles. The van der Waals surface area contributed by atoms with Crippen LogP contribution in [-0.2, 0) is 19.4 Å². The first-order valence-corrected chi connectivity index (χ1v) is 9.30. The van der Waals surface area contributed by atoms with Gasteiger partial charge in [0.2, 0.25) is 0 Å². The summed E-state index contributed by atoms with van der Waals surface area (Å²) in [4.78, 5) is 0. The summed E-state index contributed by atoms with van der Waals surface area (Å²) < 4.78 is 15.7. The second-order valence-electron chi connectivity index (χ2n) is 6.77. The molecule has 3 aromatic rings. The average Bonchev–Trinajstić information content (AvgIpc) is 2.81. The van der Waals surface area contributed by atoms with E-state index in [1.165, 1.54) is 17.3 Å². The molecule has 1 N–H and O–H groups in total. The molecule has 4 rings (SSSR count). The lowest BCUT2D eigenvalue weighted by Crippen LogP contribution is -2.17. The van der Waals surface area contributed by atoms with Gasteiger partial charge in [-0.1, -0.05) is 35.9 Å². The zero-order chi connectivity index (χ0) is 18.1. The first-order chi connectivity index (χ1) is 12.6. The monoisotopic (exact) mass is 369 g/mol. The predicted octanol–water partition coefficient (Wildman–Crippen LogP) is 4.39. The molecule has 2 heterocycles. The van der Waals surface area contributed by atoms with Gasteiger partial charge in [-0.2, -0.15) is 5.10 Å². The molecular weight excluding hydrogens is 349 g/mol. The standard InChI is InChI=1S/C21H21ClFN3/c1-14-12-15(2-7-19(14)23)13-26-20-9-11-24-10-8-18(20)21(25-26)16-3-5-17(22)6-4-16/h2-7,12,24H,8-11,13H2,1H3. The van der Waals surface area contributed by atoms with Gasteiger partial charge in [-0.05, 0) is 49.2 Å². The Morgan fingerprint density at radius 2 is 1.88 bits per heavy atom. The van der Waals surface area contributed by atoms with Crippen molar-refractivity contribution in [1.29, 1.82) is 0 Å². The largest absolute Gasteiger partial charge is 0.316 e. The molecule has 0 bridgehead atoms. The van der Waals surface area contributed by atoms with Crippen LogP contribution in [0.4, 0.5) is 4.39 Å². The summed E-state index contributed by atoms with van der Waals surface area (Å²) in [6.07, 6.45) is 1.89. The van der Waals surface area contributed by atoms with Gasteiger partial charge < -0.3 is 5.32 Å². The smallest absolute Gasteiger partial charge is 0.126 e. The van der Waals surface area contributed by atoms with Crippen molar-refractivity contribution in [2.24, 2.45) is 0 Å². The topological polar surface area (TPSA) is 29.9 Å². The fourth-order valence-corrected chi connectivity index (χ4v) is 3.70. The van der Waals surface area contributed by atoms with Crippen molar-refractivity contribution in [3.8, 4) is 11.3 Å². The highest BCUT2D eigenvalue weighted by molar-refractivity contribution is 6.30. The number of aromatic nitrogens is 2. The molecule has 0 amide bonds. The summed E-state index contributed by atoms with van der Waals surface area (Å²) in [7, 11) is 0. The number of hydrogen-bond donors (Lipinski definition) is 1. The normalized spacial score (nSPS) is 14.1. The van der Waals surface area contributed by atoms with Crippen molar-refractivity contribution in [3.05, 3.63) is 75.7 Å². The van der Waals surface area contributed by atoms with Crippen molar-refractivity contribution in [3.63, 3.8) is 0 Å². The van der Waals surface area contributed by atoms with Gasteiger partial charge in [0, 0.05) is 34.8 Å². The van der Waals surface area contributed by atoms with E-state index >= 15 is 0 Å². The Kier molecular flexibility index (Phi) is 4.79. The highest BCUT2D eigenvalue weighted by Crippen LogP contribution is 2.29. The molecule has 5 heteroatoms. The molecule has 0 spiro atoms. The summed E-state index contributed by atoms with van der Waals surface area (Å²) in [6, 6.07) is 13.1. The molecule has 2 aromatic carbocycles. The van der Waals surface area contributed by atoms with E-state index in [9.17, 15) is 4.39 Å². The summed E-state index contributed by atoms with van der Waals surface area (Å²) in [5, 5.41) is 9.12. The minimum absolute atomic E-state index is 0.168. The van der Waals surface area contributed by atoms with Crippen LogP contribution >= 0.6 is 11.6 Å². The van der Waals surface area contributed by atoms with Crippen molar-refractivity contribution >= 4 is 11.6 Å². The van der Waals surface area contributed by atoms with E-state index in [4.69, 9.17) is 16.7 Å². The van der Waals surface area contributed by atoms with Crippen LogP contribution in [-0.4, -0.2) is 22.9 Å². The van der Waals surface area contributed by atoms with Gasteiger partial charge in [0.15, 0.2) is 0 Å². The maximum Gasteiger partial charge on any atom is 0.126 e. The van der Waals surface area contributed by atoms with Crippen LogP contribution in [0.15, 0.2) is 42.5 Å². The molecule has 3 nitrogen and oxygen atoms in total. The Hall–Kier alpha value is -2.17. The molecule has 0 radical (unpaired) electrons. The predicted molar refractivity (Wildman–Crippen MR) is 103 cm³/mol. The Balaban J connectivity index is 1.76. The van der Waals surface area contributed by atoms with E-state index in [2.05, 4.69) is 10.00 Å². The summed E-state index contributed by atoms with van der Waals surface area (Å²) in [5.74, 6) is -0.168. The van der Waals surface area contributed by atoms with Gasteiger partial charge in [-0.3, -0.25) is 4.68 Å². The van der Waals surface area contributed by atoms with Gasteiger partial charge in [0.25, 0.3) is 0 Å². The highest BCUT2D eigenvalue weighted by atomic mass is 35.5. The van der Waals surface area contributed by atoms with E-state index < -0.39 is 0 Å². The lowest BCUT2D eigenvalue weighted by molar-refractivity contribution is 0.610. The fraction of sp³-hybridized carbons (Fsp3) is 0.286. The SMILES string of the molecule is Cc1cc(Cn2nc(-c3ccc(Cl)cc3)c3c2CCNCC3)ccc1F. The lowest BCUT2D eigenvalue weighted by Gasteiger charge is -2.08. The molecular formula is C21H21ClFN3. The molecule has 0 atom stereocenters. The molecule has 0 unspecified atom stereocenters. The maximum absolute atomic E-state index is 13.6.